The van der Waals surface area contributed by atoms with Gasteiger partial charge in [0.25, 0.3) is 8.32 Å². The molecular formula is C15H25NO2Si. The van der Waals surface area contributed by atoms with E-state index in [-0.39, 0.29) is 5.04 Å². The highest BCUT2D eigenvalue weighted by Crippen LogP contribution is 2.36. The summed E-state index contributed by atoms with van der Waals surface area (Å²) in [6.07, 6.45) is 0. The van der Waals surface area contributed by atoms with Crippen LogP contribution in [-0.2, 0) is 4.53 Å². The van der Waals surface area contributed by atoms with E-state index in [1.165, 1.54) is 0 Å². The molecule has 1 aromatic carbocycles. The zero-order valence-corrected chi connectivity index (χ0v) is 14.1. The van der Waals surface area contributed by atoms with Crippen LogP contribution in [0.5, 0.6) is 5.75 Å². The molecule has 0 bridgehead atoms. The van der Waals surface area contributed by atoms with E-state index in [0.29, 0.717) is 0 Å². The van der Waals surface area contributed by atoms with E-state index < -0.39 is 8.32 Å². The van der Waals surface area contributed by atoms with Crippen molar-refractivity contribution in [3.05, 3.63) is 29.8 Å². The zero-order chi connectivity index (χ0) is 14.7. The van der Waals surface area contributed by atoms with E-state index in [0.717, 1.165) is 17.0 Å². The van der Waals surface area contributed by atoms with Crippen molar-refractivity contribution in [1.82, 2.24) is 0 Å². The van der Waals surface area contributed by atoms with Crippen molar-refractivity contribution in [2.45, 2.75) is 45.8 Å². The highest BCUT2D eigenvalue weighted by Gasteiger charge is 2.39. The van der Waals surface area contributed by atoms with Crippen molar-refractivity contribution in [1.29, 1.82) is 0 Å². The Hall–Kier alpha value is -1.29. The number of benzene rings is 1. The van der Waals surface area contributed by atoms with E-state index in [9.17, 15) is 0 Å². The number of rotatable bonds is 4. The third-order valence-electron chi connectivity index (χ3n) is 3.71. The van der Waals surface area contributed by atoms with Crippen molar-refractivity contribution in [3.63, 3.8) is 0 Å². The number of oxime groups is 1. The lowest BCUT2D eigenvalue weighted by atomic mass is 10.1. The number of methoxy groups -OCH3 is 1. The Morgan fingerprint density at radius 2 is 1.74 bits per heavy atom. The van der Waals surface area contributed by atoms with E-state index in [1.54, 1.807) is 7.11 Å². The van der Waals surface area contributed by atoms with E-state index in [1.807, 2.05) is 31.2 Å². The van der Waals surface area contributed by atoms with Crippen molar-refractivity contribution in [2.24, 2.45) is 5.16 Å². The zero-order valence-electron chi connectivity index (χ0n) is 13.1. The average molecular weight is 279 g/mol. The molecule has 0 N–H and O–H groups in total. The first-order valence-corrected chi connectivity index (χ1v) is 9.46. The van der Waals surface area contributed by atoms with Crippen LogP contribution in [0.25, 0.3) is 0 Å². The maximum atomic E-state index is 5.88. The second-order valence-corrected chi connectivity index (χ2v) is 10.9. The Balaban J connectivity index is 2.95. The normalized spacial score (nSPS) is 13.3. The van der Waals surface area contributed by atoms with Crippen LogP contribution in [0.15, 0.2) is 29.4 Å². The fourth-order valence-corrected chi connectivity index (χ4v) is 1.95. The van der Waals surface area contributed by atoms with Crippen molar-refractivity contribution in [3.8, 4) is 5.75 Å². The second kappa shape index (κ2) is 5.78. The fraction of sp³-hybridized carbons (Fsp3) is 0.533. The summed E-state index contributed by atoms with van der Waals surface area (Å²) in [6.45, 7) is 12.9. The molecule has 0 aromatic heterocycles. The molecule has 19 heavy (non-hydrogen) atoms. The highest BCUT2D eigenvalue weighted by atomic mass is 28.4. The maximum absolute atomic E-state index is 5.88. The smallest absolute Gasteiger partial charge is 0.286 e. The molecule has 0 amide bonds. The Labute approximate surface area is 117 Å². The molecule has 0 saturated carbocycles. The summed E-state index contributed by atoms with van der Waals surface area (Å²) < 4.78 is 11.2. The van der Waals surface area contributed by atoms with Crippen LogP contribution in [0.4, 0.5) is 0 Å². The minimum Gasteiger partial charge on any atom is -0.496 e. The summed E-state index contributed by atoms with van der Waals surface area (Å²) in [5.74, 6) is 0.822. The van der Waals surface area contributed by atoms with Gasteiger partial charge < -0.3 is 9.26 Å². The van der Waals surface area contributed by atoms with Crippen LogP contribution < -0.4 is 4.74 Å². The number of para-hydroxylation sites is 1. The number of hydrogen-bond donors (Lipinski definition) is 0. The van der Waals surface area contributed by atoms with Gasteiger partial charge in [-0.1, -0.05) is 32.9 Å². The molecule has 1 aromatic rings. The third-order valence-corrected chi connectivity index (χ3v) is 7.87. The molecule has 0 spiro atoms. The van der Waals surface area contributed by atoms with E-state index in [2.05, 4.69) is 39.0 Å². The van der Waals surface area contributed by atoms with Gasteiger partial charge in [-0.3, -0.25) is 0 Å². The van der Waals surface area contributed by atoms with Crippen LogP contribution in [0.1, 0.15) is 33.3 Å². The molecule has 0 heterocycles. The molecule has 1 rings (SSSR count). The van der Waals surface area contributed by atoms with Crippen LogP contribution >= 0.6 is 0 Å². The Morgan fingerprint density at radius 1 is 1.16 bits per heavy atom. The molecule has 0 aliphatic heterocycles. The fourth-order valence-electron chi connectivity index (χ4n) is 1.31. The number of nitrogens with zero attached hydrogens (tertiary/aromatic N) is 1. The SMILES string of the molecule is COc1ccccc1/C(C)=N/O[Si](C)(C)C(C)(C)C. The van der Waals surface area contributed by atoms with Gasteiger partial charge in [0.05, 0.1) is 12.8 Å². The van der Waals surface area contributed by atoms with Crippen molar-refractivity contribution >= 4 is 14.0 Å². The Morgan fingerprint density at radius 3 is 2.26 bits per heavy atom. The molecule has 0 aliphatic carbocycles. The van der Waals surface area contributed by atoms with Crippen LogP contribution in [0, 0.1) is 0 Å². The van der Waals surface area contributed by atoms with Gasteiger partial charge in [-0.05, 0) is 37.2 Å². The monoisotopic (exact) mass is 279 g/mol. The topological polar surface area (TPSA) is 30.8 Å². The second-order valence-electron chi connectivity index (χ2n) is 6.23. The van der Waals surface area contributed by atoms with Gasteiger partial charge in [-0.25, -0.2) is 0 Å². The van der Waals surface area contributed by atoms with Crippen LogP contribution in [0.2, 0.25) is 18.1 Å². The van der Waals surface area contributed by atoms with Gasteiger partial charge in [0.2, 0.25) is 0 Å². The lowest BCUT2D eigenvalue weighted by Gasteiger charge is -2.33. The van der Waals surface area contributed by atoms with E-state index in [4.69, 9.17) is 9.26 Å². The summed E-state index contributed by atoms with van der Waals surface area (Å²) in [4.78, 5) is 0. The largest absolute Gasteiger partial charge is 0.496 e. The molecule has 106 valence electrons. The van der Waals surface area contributed by atoms with Gasteiger partial charge in [0, 0.05) is 5.56 Å². The molecule has 0 unspecified atom stereocenters. The highest BCUT2D eigenvalue weighted by molar-refractivity contribution is 6.74. The molecule has 0 aliphatic rings. The van der Waals surface area contributed by atoms with Crippen LogP contribution in [0.3, 0.4) is 0 Å². The molecule has 4 heteroatoms. The molecule has 0 atom stereocenters. The minimum absolute atomic E-state index is 0.150. The third kappa shape index (κ3) is 3.83. The lowest BCUT2D eigenvalue weighted by Crippen LogP contribution is -2.39. The van der Waals surface area contributed by atoms with Gasteiger partial charge in [-0.15, -0.1) is 5.16 Å². The summed E-state index contributed by atoms with van der Waals surface area (Å²) in [7, 11) is -0.189. The van der Waals surface area contributed by atoms with Crippen molar-refractivity contribution < 1.29 is 9.26 Å². The molecule has 3 nitrogen and oxygen atoms in total. The molecule has 0 radical (unpaired) electrons. The Bertz CT molecular complexity index is 461. The summed E-state index contributed by atoms with van der Waals surface area (Å²) in [6, 6.07) is 7.85. The lowest BCUT2D eigenvalue weighted by molar-refractivity contribution is 0.307. The molecule has 0 saturated heterocycles. The first-order valence-electron chi connectivity index (χ1n) is 6.55. The summed E-state index contributed by atoms with van der Waals surface area (Å²) >= 11 is 0. The predicted octanol–water partition coefficient (Wildman–Crippen LogP) is 4.44. The number of ether oxygens (including phenoxy) is 1. The molecule has 0 fully saturated rings. The minimum atomic E-state index is -1.86. The number of hydrogen-bond acceptors (Lipinski definition) is 3. The summed E-state index contributed by atoms with van der Waals surface area (Å²) in [5, 5.41) is 4.49. The first-order chi connectivity index (χ1) is 8.69. The van der Waals surface area contributed by atoms with Crippen molar-refractivity contribution in [2.75, 3.05) is 7.11 Å². The Kier molecular flexibility index (Phi) is 4.79. The average Bonchev–Trinajstić information content (AvgIpc) is 2.34. The molecular weight excluding hydrogens is 254 g/mol. The van der Waals surface area contributed by atoms with Gasteiger partial charge in [0.1, 0.15) is 5.75 Å². The maximum Gasteiger partial charge on any atom is 0.286 e. The first kappa shape index (κ1) is 15.8. The van der Waals surface area contributed by atoms with Gasteiger partial charge in [-0.2, -0.15) is 0 Å². The van der Waals surface area contributed by atoms with E-state index >= 15 is 0 Å². The standard InChI is InChI=1S/C15H25NO2Si/c1-12(13-10-8-9-11-14(13)17-5)16-18-19(6,7)15(2,3)4/h8-11H,1-7H3/b16-12+. The van der Waals surface area contributed by atoms with Gasteiger partial charge >= 0.3 is 0 Å². The predicted molar refractivity (Wildman–Crippen MR) is 83.5 cm³/mol. The van der Waals surface area contributed by atoms with Crippen LogP contribution in [-0.4, -0.2) is 21.1 Å². The van der Waals surface area contributed by atoms with Gasteiger partial charge in [0.15, 0.2) is 0 Å². The quantitative estimate of drug-likeness (QED) is 0.463. The summed E-state index contributed by atoms with van der Waals surface area (Å²) in [5.41, 5.74) is 1.82.